The van der Waals surface area contributed by atoms with Crippen LogP contribution in [0.25, 0.3) is 40.2 Å². The number of fused-ring (bicyclic) bond motifs is 4. The molecule has 0 radical (unpaired) electrons. The zero-order valence-corrected chi connectivity index (χ0v) is 17.0. The molecule has 116 valence electrons. The van der Waals surface area contributed by atoms with Crippen molar-refractivity contribution in [2.24, 2.45) is 7.05 Å². The molecule has 0 saturated carbocycles. The SMILES string of the molecule is Cc1c(-c2c3[se]c4[se]ccc4c3cc[n+]2C)ccc2ccccc12. The van der Waals surface area contributed by atoms with Crippen molar-refractivity contribution in [1.82, 2.24) is 0 Å². The number of aromatic nitrogens is 1. The molecule has 0 N–H and O–H groups in total. The summed E-state index contributed by atoms with van der Waals surface area (Å²) in [5.41, 5.74) is 4.18. The van der Waals surface area contributed by atoms with Crippen LogP contribution in [-0.2, 0) is 7.05 Å². The molecule has 3 heterocycles. The standard InChI is InChI=1S/C21H16NSe2/c1-13-15-6-4-3-5-14(15)7-8-16(13)19-20-17(9-11-22(19)2)18-10-12-23-21(18)24-20/h3-12H,1-2H3/q+1. The normalized spacial score (nSPS) is 11.8. The summed E-state index contributed by atoms with van der Waals surface area (Å²) in [6.45, 7) is 2.27. The van der Waals surface area contributed by atoms with Gasteiger partial charge in [0.05, 0.1) is 0 Å². The molecule has 0 unspecified atom stereocenters. The van der Waals surface area contributed by atoms with Gasteiger partial charge in [-0.2, -0.15) is 0 Å². The van der Waals surface area contributed by atoms with Crippen molar-refractivity contribution in [2.45, 2.75) is 6.92 Å². The first-order valence-corrected chi connectivity index (χ1v) is 11.6. The predicted molar refractivity (Wildman–Crippen MR) is 104 cm³/mol. The number of pyridine rings is 1. The van der Waals surface area contributed by atoms with Crippen LogP contribution in [0.3, 0.4) is 0 Å². The second kappa shape index (κ2) is 5.44. The summed E-state index contributed by atoms with van der Waals surface area (Å²) in [5.74, 6) is 0. The van der Waals surface area contributed by atoms with Crippen LogP contribution in [0.4, 0.5) is 0 Å². The van der Waals surface area contributed by atoms with Gasteiger partial charge in [0.15, 0.2) is 0 Å². The molecule has 5 aromatic rings. The van der Waals surface area contributed by atoms with Crippen LogP contribution in [0.1, 0.15) is 5.56 Å². The molecule has 3 heteroatoms. The third-order valence-electron chi connectivity index (χ3n) is 4.85. The maximum atomic E-state index is 2.37. The summed E-state index contributed by atoms with van der Waals surface area (Å²) in [6.07, 6.45) is 2.23. The van der Waals surface area contributed by atoms with Crippen molar-refractivity contribution in [3.8, 4) is 11.3 Å². The Hall–Kier alpha value is -1.63. The van der Waals surface area contributed by atoms with E-state index in [0.717, 1.165) is 0 Å². The van der Waals surface area contributed by atoms with Crippen molar-refractivity contribution in [3.05, 3.63) is 65.2 Å². The van der Waals surface area contributed by atoms with E-state index in [-0.39, 0.29) is 0 Å². The Morgan fingerprint density at radius 3 is 2.67 bits per heavy atom. The molecule has 0 saturated heterocycles. The molecule has 5 rings (SSSR count). The summed E-state index contributed by atoms with van der Waals surface area (Å²) in [4.78, 5) is 2.37. The Morgan fingerprint density at radius 2 is 1.75 bits per heavy atom. The number of nitrogens with zero attached hydrogens (tertiary/aromatic N) is 1. The van der Waals surface area contributed by atoms with Crippen molar-refractivity contribution in [1.29, 1.82) is 0 Å². The van der Waals surface area contributed by atoms with Gasteiger partial charge in [0, 0.05) is 0 Å². The minimum absolute atomic E-state index is 0.473. The molecule has 3 aromatic heterocycles. The maximum absolute atomic E-state index is 2.37. The van der Waals surface area contributed by atoms with Crippen LogP contribution in [-0.4, -0.2) is 29.0 Å². The van der Waals surface area contributed by atoms with Crippen LogP contribution in [0.15, 0.2) is 59.7 Å². The molecule has 0 aliphatic carbocycles. The average molecular weight is 440 g/mol. The third kappa shape index (κ3) is 2.03. The van der Waals surface area contributed by atoms with Gasteiger partial charge in [-0.1, -0.05) is 0 Å². The van der Waals surface area contributed by atoms with Crippen molar-refractivity contribution in [3.63, 3.8) is 0 Å². The first kappa shape index (κ1) is 14.7. The summed E-state index contributed by atoms with van der Waals surface area (Å²) in [6, 6.07) is 17.9. The van der Waals surface area contributed by atoms with E-state index in [4.69, 9.17) is 0 Å². The molecule has 0 aliphatic rings. The van der Waals surface area contributed by atoms with Gasteiger partial charge in [-0.05, 0) is 0 Å². The van der Waals surface area contributed by atoms with Crippen molar-refractivity contribution < 1.29 is 4.57 Å². The summed E-state index contributed by atoms with van der Waals surface area (Å²) >= 11 is 1.04. The van der Waals surface area contributed by atoms with Gasteiger partial charge >= 0.3 is 153 Å². The Morgan fingerprint density at radius 1 is 0.875 bits per heavy atom. The first-order valence-electron chi connectivity index (χ1n) is 8.01. The molecule has 1 nitrogen and oxygen atoms in total. The summed E-state index contributed by atoms with van der Waals surface area (Å²) in [7, 11) is 2.19. The Bertz CT molecular complexity index is 1230. The van der Waals surface area contributed by atoms with E-state index in [1.807, 2.05) is 0 Å². The number of benzene rings is 2. The average Bonchev–Trinajstić information content (AvgIpc) is 3.17. The number of hydrogen-bond acceptors (Lipinski definition) is 0. The third-order valence-corrected chi connectivity index (χ3v) is 10.4. The van der Waals surface area contributed by atoms with Gasteiger partial charge in [-0.15, -0.1) is 0 Å². The Balaban J connectivity index is 1.92. The predicted octanol–water partition coefficient (Wildman–Crippen LogP) is 4.06. The molecule has 24 heavy (non-hydrogen) atoms. The molecule has 0 spiro atoms. The van der Waals surface area contributed by atoms with Crippen LogP contribution in [0.2, 0.25) is 0 Å². The Labute approximate surface area is 152 Å². The van der Waals surface area contributed by atoms with Crippen LogP contribution < -0.4 is 4.57 Å². The molecular weight excluding hydrogens is 424 g/mol. The molecule has 0 fully saturated rings. The zero-order chi connectivity index (χ0) is 16.3. The first-order chi connectivity index (χ1) is 11.7. The van der Waals surface area contributed by atoms with Crippen LogP contribution in [0, 0.1) is 6.92 Å². The second-order valence-electron chi connectivity index (χ2n) is 6.20. The van der Waals surface area contributed by atoms with Crippen LogP contribution >= 0.6 is 0 Å². The van der Waals surface area contributed by atoms with E-state index in [1.54, 1.807) is 7.39 Å². The molecule has 0 atom stereocenters. The second-order valence-corrected chi connectivity index (χ2v) is 11.6. The fraction of sp³-hybridized carbons (Fsp3) is 0.0952. The van der Waals surface area contributed by atoms with Gasteiger partial charge < -0.3 is 0 Å². The van der Waals surface area contributed by atoms with E-state index in [1.165, 1.54) is 38.4 Å². The summed E-state index contributed by atoms with van der Waals surface area (Å²) < 4.78 is 5.59. The van der Waals surface area contributed by atoms with E-state index >= 15 is 0 Å². The van der Waals surface area contributed by atoms with Gasteiger partial charge in [-0.25, -0.2) is 0 Å². The van der Waals surface area contributed by atoms with E-state index in [2.05, 4.69) is 78.2 Å². The minimum atomic E-state index is 0.473. The van der Waals surface area contributed by atoms with Gasteiger partial charge in [0.1, 0.15) is 0 Å². The monoisotopic (exact) mass is 442 g/mol. The molecular formula is C21H16NSe2+. The molecule has 0 aliphatic heterocycles. The molecule has 2 aromatic carbocycles. The summed E-state index contributed by atoms with van der Waals surface area (Å²) in [5, 5.41) is 5.68. The van der Waals surface area contributed by atoms with Gasteiger partial charge in [-0.3, -0.25) is 0 Å². The van der Waals surface area contributed by atoms with Crippen molar-refractivity contribution in [2.75, 3.05) is 0 Å². The van der Waals surface area contributed by atoms with E-state index in [9.17, 15) is 0 Å². The van der Waals surface area contributed by atoms with Gasteiger partial charge in [0.2, 0.25) is 0 Å². The Kier molecular flexibility index (Phi) is 3.33. The van der Waals surface area contributed by atoms with Gasteiger partial charge in [0.25, 0.3) is 0 Å². The zero-order valence-electron chi connectivity index (χ0n) is 13.5. The quantitative estimate of drug-likeness (QED) is 0.274. The van der Waals surface area contributed by atoms with E-state index in [0.29, 0.717) is 29.0 Å². The number of aryl methyl sites for hydroxylation is 2. The van der Waals surface area contributed by atoms with E-state index < -0.39 is 0 Å². The number of hydrogen-bond donors (Lipinski definition) is 0. The number of rotatable bonds is 1. The van der Waals surface area contributed by atoms with Crippen LogP contribution in [0.5, 0.6) is 0 Å². The van der Waals surface area contributed by atoms with Crippen molar-refractivity contribution >= 4 is 57.9 Å². The topological polar surface area (TPSA) is 3.88 Å². The fourth-order valence-electron chi connectivity index (χ4n) is 3.60. The molecule has 0 amide bonds. The fourth-order valence-corrected chi connectivity index (χ4v) is 9.40. The molecule has 0 bridgehead atoms.